The van der Waals surface area contributed by atoms with Crippen LogP contribution in [-0.4, -0.2) is 26.2 Å². The highest BCUT2D eigenvalue weighted by atomic mass is 79.9. The summed E-state index contributed by atoms with van der Waals surface area (Å²) in [6, 6.07) is 5.18. The summed E-state index contributed by atoms with van der Waals surface area (Å²) in [6.45, 7) is 7.13. The summed E-state index contributed by atoms with van der Waals surface area (Å²) < 4.78 is 30.2. The van der Waals surface area contributed by atoms with Crippen LogP contribution in [0.1, 0.15) is 39.8 Å². The summed E-state index contributed by atoms with van der Waals surface area (Å²) in [5, 5.41) is 0. The molecule has 2 atom stereocenters. The van der Waals surface area contributed by atoms with E-state index >= 15 is 0 Å². The molecule has 0 N–H and O–H groups in total. The molecule has 0 aromatic carbocycles. The molecule has 1 rings (SSSR count). The predicted octanol–water partition coefficient (Wildman–Crippen LogP) is 3.84. The molecule has 0 bridgehead atoms. The zero-order valence-electron chi connectivity index (χ0n) is 11.5. The first kappa shape index (κ1) is 16.6. The Morgan fingerprint density at radius 3 is 2.63 bits per heavy atom. The minimum atomic E-state index is -1.50. The fraction of sp³-hybridized carbons (Fsp3) is 0.538. The molecule has 0 fully saturated rings. The van der Waals surface area contributed by atoms with Gasteiger partial charge in [-0.3, -0.25) is 0 Å². The molecule has 0 unspecified atom stereocenters. The predicted molar refractivity (Wildman–Crippen MR) is 81.6 cm³/mol. The van der Waals surface area contributed by atoms with Gasteiger partial charge in [0, 0.05) is 0 Å². The van der Waals surface area contributed by atoms with Gasteiger partial charge in [0.25, 0.3) is 0 Å². The summed E-state index contributed by atoms with van der Waals surface area (Å²) >= 11 is 1.74. The lowest BCUT2D eigenvalue weighted by Crippen LogP contribution is -2.29. The van der Waals surface area contributed by atoms with Gasteiger partial charge in [-0.2, -0.15) is 0 Å². The van der Waals surface area contributed by atoms with Gasteiger partial charge < -0.3 is 4.55 Å². The van der Waals surface area contributed by atoms with Crippen molar-refractivity contribution in [2.45, 2.75) is 45.0 Å². The Morgan fingerprint density at radius 1 is 1.53 bits per heavy atom. The Kier molecular flexibility index (Phi) is 5.95. The van der Waals surface area contributed by atoms with Crippen LogP contribution in [0.5, 0.6) is 0 Å². The van der Waals surface area contributed by atoms with Gasteiger partial charge in [0.15, 0.2) is 5.71 Å². The molecule has 106 valence electrons. The van der Waals surface area contributed by atoms with E-state index in [1.54, 1.807) is 45.9 Å². The largest absolute Gasteiger partial charge is 0.591 e. The smallest absolute Gasteiger partial charge is 0.151 e. The van der Waals surface area contributed by atoms with Crippen molar-refractivity contribution in [2.75, 3.05) is 0 Å². The Balaban J connectivity index is 3.19. The molecule has 0 saturated carbocycles. The van der Waals surface area contributed by atoms with Crippen molar-refractivity contribution >= 4 is 33.0 Å². The zero-order valence-corrected chi connectivity index (χ0v) is 13.9. The van der Waals surface area contributed by atoms with Crippen LogP contribution >= 0.6 is 15.9 Å². The normalized spacial score (nSPS) is 16.3. The lowest BCUT2D eigenvalue weighted by molar-refractivity contribution is 0.414. The average Bonchev–Trinajstić information content (AvgIpc) is 2.33. The van der Waals surface area contributed by atoms with Gasteiger partial charge in [-0.25, -0.2) is 9.37 Å². The van der Waals surface area contributed by atoms with Crippen LogP contribution in [0.4, 0.5) is 4.39 Å². The second-order valence-corrected chi connectivity index (χ2v) is 7.78. The number of nitrogens with zero attached hydrogens (tertiary/aromatic N) is 2. The maximum Gasteiger partial charge on any atom is 0.151 e. The molecule has 0 amide bonds. The molecule has 1 aromatic rings. The lowest BCUT2D eigenvalue weighted by atomic mass is 10.1. The van der Waals surface area contributed by atoms with Crippen LogP contribution in [0.25, 0.3) is 0 Å². The van der Waals surface area contributed by atoms with Crippen molar-refractivity contribution in [3.63, 3.8) is 0 Å². The number of alkyl halides is 1. The van der Waals surface area contributed by atoms with Crippen LogP contribution in [0, 0.1) is 0 Å². The topological polar surface area (TPSA) is 48.3 Å². The monoisotopic (exact) mass is 348 g/mol. The van der Waals surface area contributed by atoms with Crippen molar-refractivity contribution < 1.29 is 8.94 Å². The average molecular weight is 349 g/mol. The van der Waals surface area contributed by atoms with Crippen LogP contribution < -0.4 is 0 Å². The Morgan fingerprint density at radius 2 is 2.16 bits per heavy atom. The van der Waals surface area contributed by atoms with E-state index in [4.69, 9.17) is 0 Å². The third-order valence-electron chi connectivity index (χ3n) is 2.34. The van der Waals surface area contributed by atoms with E-state index in [9.17, 15) is 8.94 Å². The maximum atomic E-state index is 14.0. The number of hydrogen-bond acceptors (Lipinski definition) is 3. The molecule has 3 nitrogen and oxygen atoms in total. The van der Waals surface area contributed by atoms with Gasteiger partial charge in [0.1, 0.15) is 26.9 Å². The molecule has 0 spiro atoms. The zero-order chi connectivity index (χ0) is 14.6. The first-order valence-electron chi connectivity index (χ1n) is 6.03. The number of aromatic nitrogens is 1. The van der Waals surface area contributed by atoms with Gasteiger partial charge in [-0.1, -0.05) is 17.4 Å². The van der Waals surface area contributed by atoms with E-state index < -0.39 is 22.3 Å². The van der Waals surface area contributed by atoms with Crippen LogP contribution in [0.2, 0.25) is 0 Å². The molecule has 0 aliphatic heterocycles. The first-order valence-corrected chi connectivity index (χ1v) is 7.93. The number of halogens is 2. The molecular weight excluding hydrogens is 331 g/mol. The second kappa shape index (κ2) is 6.81. The van der Waals surface area contributed by atoms with Gasteiger partial charge in [-0.15, -0.1) is 0 Å². The molecular formula is C13H18BrFN2OS. The highest BCUT2D eigenvalue weighted by molar-refractivity contribution is 9.10. The van der Waals surface area contributed by atoms with Crippen molar-refractivity contribution in [1.82, 2.24) is 4.98 Å². The molecule has 6 heteroatoms. The molecule has 0 aliphatic carbocycles. The fourth-order valence-corrected chi connectivity index (χ4v) is 2.24. The molecule has 0 aliphatic rings. The van der Waals surface area contributed by atoms with Crippen molar-refractivity contribution in [2.24, 2.45) is 4.40 Å². The minimum Gasteiger partial charge on any atom is -0.591 e. The summed E-state index contributed by atoms with van der Waals surface area (Å²) in [7, 11) is 0. The van der Waals surface area contributed by atoms with Crippen molar-refractivity contribution in [3.8, 4) is 0 Å². The third kappa shape index (κ3) is 4.85. The quantitative estimate of drug-likeness (QED) is 0.471. The van der Waals surface area contributed by atoms with Crippen LogP contribution in [0.3, 0.4) is 0 Å². The molecule has 19 heavy (non-hydrogen) atoms. The standard InChI is InChI=1S/C13H18BrFN2OS/c1-5-9(15)12(17-19(18)13(2,3)4)10-7-6-8-11(14)16-10/h6-9H,5H2,1-4H3/b17-12-/t9-,19+/m0/s1. The van der Waals surface area contributed by atoms with Crippen LogP contribution in [0.15, 0.2) is 27.2 Å². The molecule has 0 saturated heterocycles. The van der Waals surface area contributed by atoms with E-state index in [0.717, 1.165) is 0 Å². The second-order valence-electron chi connectivity index (χ2n) is 5.06. The fourth-order valence-electron chi connectivity index (χ4n) is 1.23. The van der Waals surface area contributed by atoms with Gasteiger partial charge in [-0.05, 0) is 55.3 Å². The Bertz CT molecular complexity index is 462. The SMILES string of the molecule is CC[C@H](F)/C(=N/[S@+]([O-])C(C)(C)C)c1cccc(Br)n1. The Labute approximate surface area is 125 Å². The Hall–Kier alpha value is -0.460. The summed E-state index contributed by atoms with van der Waals surface area (Å²) in [6.07, 6.45) is -0.998. The molecule has 1 heterocycles. The van der Waals surface area contributed by atoms with Crippen LogP contribution in [-0.2, 0) is 11.4 Å². The minimum absolute atomic E-state index is 0.150. The number of pyridine rings is 1. The van der Waals surface area contributed by atoms with E-state index in [-0.39, 0.29) is 12.1 Å². The summed E-state index contributed by atoms with van der Waals surface area (Å²) in [5.74, 6) is 0. The molecule has 1 aromatic heterocycles. The van der Waals surface area contributed by atoms with Crippen molar-refractivity contribution in [3.05, 3.63) is 28.5 Å². The van der Waals surface area contributed by atoms with E-state index in [2.05, 4.69) is 25.3 Å². The van der Waals surface area contributed by atoms with Crippen molar-refractivity contribution in [1.29, 1.82) is 0 Å². The van der Waals surface area contributed by atoms with E-state index in [1.165, 1.54) is 0 Å². The van der Waals surface area contributed by atoms with Gasteiger partial charge in [0.05, 0.1) is 5.69 Å². The summed E-state index contributed by atoms with van der Waals surface area (Å²) in [4.78, 5) is 4.19. The highest BCUT2D eigenvalue weighted by Crippen LogP contribution is 2.20. The first-order chi connectivity index (χ1) is 8.75. The van der Waals surface area contributed by atoms with Gasteiger partial charge in [0.2, 0.25) is 0 Å². The maximum absolute atomic E-state index is 14.0. The number of hydrogen-bond donors (Lipinski definition) is 0. The third-order valence-corrected chi connectivity index (χ3v) is 4.19. The van der Waals surface area contributed by atoms with E-state index in [1.807, 2.05) is 0 Å². The molecule has 0 radical (unpaired) electrons. The van der Waals surface area contributed by atoms with E-state index in [0.29, 0.717) is 10.3 Å². The number of rotatable bonds is 4. The van der Waals surface area contributed by atoms with Gasteiger partial charge >= 0.3 is 0 Å². The lowest BCUT2D eigenvalue weighted by Gasteiger charge is -2.20. The summed E-state index contributed by atoms with van der Waals surface area (Å²) in [5.41, 5.74) is 0.568. The highest BCUT2D eigenvalue weighted by Gasteiger charge is 2.29.